The molecule has 5 heteroatoms. The van der Waals surface area contributed by atoms with Crippen molar-refractivity contribution >= 4 is 0 Å². The van der Waals surface area contributed by atoms with Gasteiger partial charge in [0.05, 0.1) is 28.8 Å². The molecule has 1 aliphatic rings. The summed E-state index contributed by atoms with van der Waals surface area (Å²) in [5.74, 6) is 1.60. The SMILES string of the molecule is Cc1[nH]c(=O)c(C(C)C)c(Oc2cc(C#N)cc(C#N)c2)c1CC1CC1. The molecule has 0 saturated heterocycles. The zero-order valence-corrected chi connectivity index (χ0v) is 15.2. The highest BCUT2D eigenvalue weighted by molar-refractivity contribution is 5.50. The van der Waals surface area contributed by atoms with Crippen LogP contribution in [0.15, 0.2) is 23.0 Å². The summed E-state index contributed by atoms with van der Waals surface area (Å²) in [6, 6.07) is 8.81. The van der Waals surface area contributed by atoms with Crippen LogP contribution < -0.4 is 10.3 Å². The Kier molecular flexibility index (Phi) is 4.82. The number of H-pyrrole nitrogens is 1. The summed E-state index contributed by atoms with van der Waals surface area (Å²) in [6.45, 7) is 5.81. The third-order valence-corrected chi connectivity index (χ3v) is 4.67. The molecule has 1 heterocycles. The second kappa shape index (κ2) is 7.06. The highest BCUT2D eigenvalue weighted by Gasteiger charge is 2.27. The van der Waals surface area contributed by atoms with Crippen molar-refractivity contribution in [3.63, 3.8) is 0 Å². The maximum Gasteiger partial charge on any atom is 0.255 e. The van der Waals surface area contributed by atoms with Crippen LogP contribution in [0.1, 0.15) is 60.6 Å². The fourth-order valence-electron chi connectivity index (χ4n) is 3.15. The summed E-state index contributed by atoms with van der Waals surface area (Å²) in [4.78, 5) is 15.5. The number of hydrogen-bond donors (Lipinski definition) is 1. The number of benzene rings is 1. The zero-order chi connectivity index (χ0) is 18.8. The van der Waals surface area contributed by atoms with Crippen molar-refractivity contribution in [2.75, 3.05) is 0 Å². The van der Waals surface area contributed by atoms with Crippen molar-refractivity contribution in [3.05, 3.63) is 56.5 Å². The first-order valence-electron chi connectivity index (χ1n) is 8.81. The lowest BCUT2D eigenvalue weighted by Crippen LogP contribution is -2.19. The van der Waals surface area contributed by atoms with Gasteiger partial charge in [-0.15, -0.1) is 0 Å². The van der Waals surface area contributed by atoms with E-state index >= 15 is 0 Å². The predicted octanol–water partition coefficient (Wildman–Crippen LogP) is 4.29. The molecule has 1 saturated carbocycles. The molecule has 132 valence electrons. The first-order chi connectivity index (χ1) is 12.4. The van der Waals surface area contributed by atoms with E-state index in [1.165, 1.54) is 18.9 Å². The van der Waals surface area contributed by atoms with E-state index in [-0.39, 0.29) is 11.5 Å². The average Bonchev–Trinajstić information content (AvgIpc) is 3.41. The van der Waals surface area contributed by atoms with Crippen LogP contribution in [0.2, 0.25) is 0 Å². The van der Waals surface area contributed by atoms with Gasteiger partial charge < -0.3 is 9.72 Å². The van der Waals surface area contributed by atoms with Crippen LogP contribution in [0.25, 0.3) is 0 Å². The molecule has 1 fully saturated rings. The van der Waals surface area contributed by atoms with Crippen molar-refractivity contribution in [1.29, 1.82) is 10.5 Å². The Bertz CT molecular complexity index is 954. The molecule has 0 spiro atoms. The molecular formula is C21H21N3O2. The van der Waals surface area contributed by atoms with Gasteiger partial charge in [-0.25, -0.2) is 0 Å². The molecule has 3 rings (SSSR count). The molecule has 1 N–H and O–H groups in total. The van der Waals surface area contributed by atoms with Gasteiger partial charge in [-0.1, -0.05) is 13.8 Å². The quantitative estimate of drug-likeness (QED) is 0.873. The average molecular weight is 347 g/mol. The number of hydrogen-bond acceptors (Lipinski definition) is 4. The van der Waals surface area contributed by atoms with Gasteiger partial charge in [0.2, 0.25) is 0 Å². The standard InChI is InChI=1S/C21H21N3O2/c1-12(2)19-20(18(9-14-4-5-14)13(3)24-21(19)25)26-17-7-15(10-22)6-16(8-17)11-23/h6-8,12,14H,4-5,9H2,1-3H3,(H,24,25). The van der Waals surface area contributed by atoms with E-state index in [9.17, 15) is 15.3 Å². The van der Waals surface area contributed by atoms with Crippen molar-refractivity contribution in [2.24, 2.45) is 5.92 Å². The van der Waals surface area contributed by atoms with Crippen molar-refractivity contribution in [1.82, 2.24) is 4.98 Å². The number of nitriles is 2. The van der Waals surface area contributed by atoms with Crippen LogP contribution in [0, 0.1) is 35.5 Å². The highest BCUT2D eigenvalue weighted by atomic mass is 16.5. The van der Waals surface area contributed by atoms with E-state index in [4.69, 9.17) is 4.74 Å². The first kappa shape index (κ1) is 17.8. The van der Waals surface area contributed by atoms with Gasteiger partial charge in [0, 0.05) is 11.3 Å². The molecule has 0 radical (unpaired) electrons. The molecule has 1 aromatic carbocycles. The lowest BCUT2D eigenvalue weighted by molar-refractivity contribution is 0.461. The predicted molar refractivity (Wildman–Crippen MR) is 98.3 cm³/mol. The smallest absolute Gasteiger partial charge is 0.255 e. The van der Waals surface area contributed by atoms with Gasteiger partial charge >= 0.3 is 0 Å². The molecular weight excluding hydrogens is 326 g/mol. The lowest BCUT2D eigenvalue weighted by atomic mass is 9.97. The maximum atomic E-state index is 12.6. The first-order valence-corrected chi connectivity index (χ1v) is 8.81. The highest BCUT2D eigenvalue weighted by Crippen LogP contribution is 2.39. The van der Waals surface area contributed by atoms with Crippen molar-refractivity contribution in [2.45, 2.75) is 46.0 Å². The van der Waals surface area contributed by atoms with Crippen LogP contribution in [-0.4, -0.2) is 4.98 Å². The molecule has 1 aromatic heterocycles. The molecule has 2 aromatic rings. The molecule has 0 atom stereocenters. The Morgan fingerprint density at radius 3 is 2.31 bits per heavy atom. The summed E-state index contributed by atoms with van der Waals surface area (Å²) < 4.78 is 6.16. The molecule has 0 bridgehead atoms. The van der Waals surface area contributed by atoms with Crippen LogP contribution in [0.3, 0.4) is 0 Å². The molecule has 0 amide bonds. The van der Waals surface area contributed by atoms with Gasteiger partial charge in [0.1, 0.15) is 11.5 Å². The minimum Gasteiger partial charge on any atom is -0.456 e. The second-order valence-corrected chi connectivity index (χ2v) is 7.17. The van der Waals surface area contributed by atoms with Crippen LogP contribution >= 0.6 is 0 Å². The van der Waals surface area contributed by atoms with Gasteiger partial charge in [0.15, 0.2) is 0 Å². The van der Waals surface area contributed by atoms with Gasteiger partial charge in [-0.3, -0.25) is 4.79 Å². The van der Waals surface area contributed by atoms with Crippen molar-refractivity contribution in [3.8, 4) is 23.6 Å². The van der Waals surface area contributed by atoms with Crippen LogP contribution in [0.5, 0.6) is 11.5 Å². The molecule has 0 aliphatic heterocycles. The number of nitrogens with zero attached hydrogens (tertiary/aromatic N) is 2. The summed E-state index contributed by atoms with van der Waals surface area (Å²) in [5.41, 5.74) is 3.00. The van der Waals surface area contributed by atoms with Gasteiger partial charge in [-0.2, -0.15) is 10.5 Å². The fraction of sp³-hybridized carbons (Fsp3) is 0.381. The second-order valence-electron chi connectivity index (χ2n) is 7.17. The minimum absolute atomic E-state index is 0.0121. The maximum absolute atomic E-state index is 12.6. The number of pyridine rings is 1. The normalized spacial score (nSPS) is 13.3. The van der Waals surface area contributed by atoms with E-state index < -0.39 is 0 Å². The number of aromatic amines is 1. The molecule has 5 nitrogen and oxygen atoms in total. The third-order valence-electron chi connectivity index (χ3n) is 4.67. The minimum atomic E-state index is -0.149. The molecule has 1 aliphatic carbocycles. The largest absolute Gasteiger partial charge is 0.456 e. The Hall–Kier alpha value is -3.05. The Labute approximate surface area is 152 Å². The summed E-state index contributed by atoms with van der Waals surface area (Å²) >= 11 is 0. The number of rotatable bonds is 5. The van der Waals surface area contributed by atoms with E-state index in [1.807, 2.05) is 32.9 Å². The van der Waals surface area contributed by atoms with E-state index in [0.29, 0.717) is 34.1 Å². The van der Waals surface area contributed by atoms with Gasteiger partial charge in [0.25, 0.3) is 5.56 Å². The van der Waals surface area contributed by atoms with E-state index in [1.54, 1.807) is 12.1 Å². The monoisotopic (exact) mass is 347 g/mol. The Morgan fingerprint density at radius 2 is 1.81 bits per heavy atom. The van der Waals surface area contributed by atoms with Crippen molar-refractivity contribution < 1.29 is 4.74 Å². The molecule has 0 unspecified atom stereocenters. The van der Waals surface area contributed by atoms with Crippen LogP contribution in [0.4, 0.5) is 0 Å². The fourth-order valence-corrected chi connectivity index (χ4v) is 3.15. The van der Waals surface area contributed by atoms with E-state index in [0.717, 1.165) is 17.7 Å². The summed E-state index contributed by atoms with van der Waals surface area (Å²) in [7, 11) is 0. The number of nitrogens with one attached hydrogen (secondary N) is 1. The van der Waals surface area contributed by atoms with Crippen LogP contribution in [-0.2, 0) is 6.42 Å². The lowest BCUT2D eigenvalue weighted by Gasteiger charge is -2.19. The summed E-state index contributed by atoms with van der Waals surface area (Å²) in [6.07, 6.45) is 3.25. The number of aromatic nitrogens is 1. The molecule has 26 heavy (non-hydrogen) atoms. The summed E-state index contributed by atoms with van der Waals surface area (Å²) in [5, 5.41) is 18.4. The number of ether oxygens (including phenoxy) is 1. The Balaban J connectivity index is 2.15. The topological polar surface area (TPSA) is 89.7 Å². The zero-order valence-electron chi connectivity index (χ0n) is 15.2. The van der Waals surface area contributed by atoms with E-state index in [2.05, 4.69) is 4.98 Å². The number of aryl methyl sites for hydroxylation is 1. The Morgan fingerprint density at radius 1 is 1.19 bits per heavy atom. The third kappa shape index (κ3) is 3.63. The van der Waals surface area contributed by atoms with Gasteiger partial charge in [-0.05, 0) is 56.2 Å².